The molecule has 4 aromatic carbocycles. The summed E-state index contributed by atoms with van der Waals surface area (Å²) in [4.78, 5) is 18.2. The largest absolute Gasteiger partial charge is 0.497 e. The molecule has 172 valence electrons. The summed E-state index contributed by atoms with van der Waals surface area (Å²) in [6.45, 7) is 0. The molecule has 0 atom stereocenters. The minimum atomic E-state index is -0.339. The average Bonchev–Trinajstić information content (AvgIpc) is 3.33. The number of carbonyl (C=O) groups excluding carboxylic acids is 1. The molecule has 1 aromatic heterocycles. The van der Waals surface area contributed by atoms with E-state index < -0.39 is 0 Å². The number of thiazole rings is 1. The number of halogens is 1. The van der Waals surface area contributed by atoms with Gasteiger partial charge in [0.05, 0.1) is 23.5 Å². The number of hydrogen-bond donors (Lipinski definition) is 0. The monoisotopic (exact) mass is 481 g/mol. The van der Waals surface area contributed by atoms with Crippen LogP contribution in [0.3, 0.4) is 0 Å². The molecule has 0 saturated heterocycles. The lowest BCUT2D eigenvalue weighted by atomic mass is 10.0. The van der Waals surface area contributed by atoms with Gasteiger partial charge >= 0.3 is 0 Å². The summed E-state index contributed by atoms with van der Waals surface area (Å²) >= 11 is 1.34. The molecule has 35 heavy (non-hydrogen) atoms. The zero-order valence-electron chi connectivity index (χ0n) is 18.8. The van der Waals surface area contributed by atoms with Gasteiger partial charge in [0.1, 0.15) is 11.6 Å². The molecule has 0 spiro atoms. The van der Waals surface area contributed by atoms with E-state index in [9.17, 15) is 9.18 Å². The van der Waals surface area contributed by atoms with Crippen molar-refractivity contribution in [2.24, 2.45) is 5.10 Å². The Kier molecular flexibility index (Phi) is 6.32. The Hall–Kier alpha value is -4.36. The standard InChI is InChI=1S/C28H20FN3O2S/c1-34-24-15-16-25-26(17-24)35-28(31-25)32(30-18-19-7-13-23(29)14-8-19)27(33)22-11-9-21(10-12-22)20-5-3-2-4-6-20/h2-18H,1H3/b30-18+. The predicted octanol–water partition coefficient (Wildman–Crippen LogP) is 6.79. The van der Waals surface area contributed by atoms with Crippen LogP contribution >= 0.6 is 11.3 Å². The maximum absolute atomic E-state index is 13.6. The summed E-state index contributed by atoms with van der Waals surface area (Å²) < 4.78 is 19.5. The molecule has 0 saturated carbocycles. The average molecular weight is 482 g/mol. The summed E-state index contributed by atoms with van der Waals surface area (Å²) in [6, 6.07) is 28.8. The number of benzene rings is 4. The van der Waals surface area contributed by atoms with Gasteiger partial charge in [-0.3, -0.25) is 4.79 Å². The van der Waals surface area contributed by atoms with Crippen LogP contribution in [-0.2, 0) is 0 Å². The predicted molar refractivity (Wildman–Crippen MR) is 139 cm³/mol. The lowest BCUT2D eigenvalue weighted by Gasteiger charge is -2.14. The molecule has 0 fully saturated rings. The second-order valence-corrected chi connectivity index (χ2v) is 8.70. The maximum Gasteiger partial charge on any atom is 0.280 e. The van der Waals surface area contributed by atoms with Crippen LogP contribution in [0.4, 0.5) is 9.52 Å². The van der Waals surface area contributed by atoms with Gasteiger partial charge in [-0.15, -0.1) is 0 Å². The molecule has 5 nitrogen and oxygen atoms in total. The van der Waals surface area contributed by atoms with Crippen LogP contribution in [0.2, 0.25) is 0 Å². The number of carbonyl (C=O) groups is 1. The van der Waals surface area contributed by atoms with E-state index in [1.165, 1.54) is 34.7 Å². The Morgan fingerprint density at radius 3 is 2.37 bits per heavy atom. The van der Waals surface area contributed by atoms with Crippen molar-refractivity contribution in [3.05, 3.63) is 114 Å². The number of hydrazone groups is 1. The molecule has 0 radical (unpaired) electrons. The number of methoxy groups -OCH3 is 1. The molecule has 0 aliphatic heterocycles. The van der Waals surface area contributed by atoms with E-state index in [1.54, 1.807) is 31.4 Å². The molecule has 0 N–H and O–H groups in total. The minimum absolute atomic E-state index is 0.325. The molecule has 0 aliphatic rings. The highest BCUT2D eigenvalue weighted by atomic mass is 32.1. The highest BCUT2D eigenvalue weighted by molar-refractivity contribution is 7.22. The third-order valence-corrected chi connectivity index (χ3v) is 6.38. The van der Waals surface area contributed by atoms with Gasteiger partial charge in [0.15, 0.2) is 0 Å². The molecule has 7 heteroatoms. The third-order valence-electron chi connectivity index (χ3n) is 5.39. The summed E-state index contributed by atoms with van der Waals surface area (Å²) in [5, 5.41) is 6.14. The summed E-state index contributed by atoms with van der Waals surface area (Å²) in [5.74, 6) is 0.0413. The van der Waals surface area contributed by atoms with Crippen molar-refractivity contribution in [3.63, 3.8) is 0 Å². The first-order valence-corrected chi connectivity index (χ1v) is 11.7. The fourth-order valence-electron chi connectivity index (χ4n) is 3.53. The number of nitrogens with zero attached hydrogens (tertiary/aromatic N) is 3. The first-order valence-electron chi connectivity index (χ1n) is 10.8. The van der Waals surface area contributed by atoms with E-state index in [0.29, 0.717) is 22.0 Å². The molecular formula is C28H20FN3O2S. The maximum atomic E-state index is 13.6. The Balaban J connectivity index is 1.51. The van der Waals surface area contributed by atoms with E-state index in [4.69, 9.17) is 4.74 Å². The SMILES string of the molecule is COc1ccc2nc(N(/N=C/c3ccc(F)cc3)C(=O)c3ccc(-c4ccccc4)cc3)sc2c1. The van der Waals surface area contributed by atoms with Crippen molar-refractivity contribution >= 4 is 38.8 Å². The number of anilines is 1. The Morgan fingerprint density at radius 2 is 1.66 bits per heavy atom. The zero-order chi connectivity index (χ0) is 24.2. The van der Waals surface area contributed by atoms with Crippen LogP contribution in [0, 0.1) is 5.82 Å². The van der Waals surface area contributed by atoms with Crippen LogP contribution < -0.4 is 9.75 Å². The normalized spacial score (nSPS) is 11.1. The van der Waals surface area contributed by atoms with Gasteiger partial charge < -0.3 is 4.74 Å². The number of fused-ring (bicyclic) bond motifs is 1. The lowest BCUT2D eigenvalue weighted by Crippen LogP contribution is -2.25. The van der Waals surface area contributed by atoms with Crippen LogP contribution in [-0.4, -0.2) is 24.2 Å². The van der Waals surface area contributed by atoms with Gasteiger partial charge in [0.2, 0.25) is 5.13 Å². The quantitative estimate of drug-likeness (QED) is 0.198. The summed E-state index contributed by atoms with van der Waals surface area (Å²) in [5.41, 5.74) is 3.94. The molecule has 0 aliphatic carbocycles. The number of aromatic nitrogens is 1. The Bertz CT molecular complexity index is 1500. The molecule has 1 amide bonds. The topological polar surface area (TPSA) is 54.8 Å². The molecule has 1 heterocycles. The van der Waals surface area contributed by atoms with Crippen molar-refractivity contribution in [2.45, 2.75) is 0 Å². The molecule has 5 aromatic rings. The molecule has 0 unspecified atom stereocenters. The fourth-order valence-corrected chi connectivity index (χ4v) is 4.48. The van der Waals surface area contributed by atoms with Crippen molar-refractivity contribution in [3.8, 4) is 16.9 Å². The van der Waals surface area contributed by atoms with Crippen molar-refractivity contribution in [1.29, 1.82) is 0 Å². The second kappa shape index (κ2) is 9.87. The first-order chi connectivity index (χ1) is 17.1. The molecule has 0 bridgehead atoms. The van der Waals surface area contributed by atoms with Crippen molar-refractivity contribution in [1.82, 2.24) is 4.98 Å². The second-order valence-electron chi connectivity index (χ2n) is 7.69. The van der Waals surface area contributed by atoms with E-state index in [0.717, 1.165) is 21.3 Å². The molecular weight excluding hydrogens is 461 g/mol. The summed E-state index contributed by atoms with van der Waals surface area (Å²) in [7, 11) is 1.60. The van der Waals surface area contributed by atoms with Crippen LogP contribution in [0.5, 0.6) is 5.75 Å². The van der Waals surface area contributed by atoms with Crippen molar-refractivity contribution < 1.29 is 13.9 Å². The summed E-state index contributed by atoms with van der Waals surface area (Å²) in [6.07, 6.45) is 1.52. The van der Waals surface area contributed by atoms with Crippen LogP contribution in [0.15, 0.2) is 102 Å². The minimum Gasteiger partial charge on any atom is -0.497 e. The number of rotatable bonds is 6. The zero-order valence-corrected chi connectivity index (χ0v) is 19.6. The van der Waals surface area contributed by atoms with Crippen LogP contribution in [0.25, 0.3) is 21.3 Å². The third kappa shape index (κ3) is 4.95. The van der Waals surface area contributed by atoms with Crippen molar-refractivity contribution in [2.75, 3.05) is 12.1 Å². The Labute approximate surface area is 205 Å². The van der Waals surface area contributed by atoms with Gasteiger partial charge in [0.25, 0.3) is 5.91 Å². The fraction of sp³-hybridized carbons (Fsp3) is 0.0357. The number of ether oxygens (including phenoxy) is 1. The van der Waals surface area contributed by atoms with Gasteiger partial charge in [-0.25, -0.2) is 9.37 Å². The van der Waals surface area contributed by atoms with E-state index in [2.05, 4.69) is 10.1 Å². The Morgan fingerprint density at radius 1 is 0.943 bits per heavy atom. The molecule has 5 rings (SSSR count). The number of amides is 1. The first kappa shape index (κ1) is 22.4. The van der Waals surface area contributed by atoms with E-state index in [-0.39, 0.29) is 11.7 Å². The highest BCUT2D eigenvalue weighted by Gasteiger charge is 2.21. The highest BCUT2D eigenvalue weighted by Crippen LogP contribution is 2.32. The van der Waals surface area contributed by atoms with E-state index in [1.807, 2.05) is 60.7 Å². The number of hydrogen-bond acceptors (Lipinski definition) is 5. The van der Waals surface area contributed by atoms with Gasteiger partial charge in [-0.2, -0.15) is 10.1 Å². The lowest BCUT2D eigenvalue weighted by molar-refractivity contribution is 0.0988. The smallest absolute Gasteiger partial charge is 0.280 e. The van der Waals surface area contributed by atoms with Gasteiger partial charge in [-0.05, 0) is 59.2 Å². The van der Waals surface area contributed by atoms with Gasteiger partial charge in [0, 0.05) is 5.56 Å². The van der Waals surface area contributed by atoms with Gasteiger partial charge in [-0.1, -0.05) is 65.9 Å². The van der Waals surface area contributed by atoms with Crippen LogP contribution in [0.1, 0.15) is 15.9 Å². The van der Waals surface area contributed by atoms with E-state index >= 15 is 0 Å².